The molecule has 6 amide bonds. The van der Waals surface area contributed by atoms with E-state index in [0.717, 1.165) is 34.5 Å². The van der Waals surface area contributed by atoms with Crippen LogP contribution in [0.5, 0.6) is 0 Å². The average molecular weight is 1650 g/mol. The molecule has 0 saturated carbocycles. The molecule has 44 nitrogen and oxygen atoms in total. The van der Waals surface area contributed by atoms with Crippen molar-refractivity contribution in [1.82, 2.24) is 86.2 Å². The quantitative estimate of drug-likeness (QED) is 0.0221. The Morgan fingerprint density at radius 3 is 1.52 bits per heavy atom. The highest BCUT2D eigenvalue weighted by atomic mass is 31.2. The average Bonchev–Trinajstić information content (AvgIpc) is 1.68. The van der Waals surface area contributed by atoms with Gasteiger partial charge in [-0.3, -0.25) is 111 Å². The van der Waals surface area contributed by atoms with Crippen molar-refractivity contribution in [2.75, 3.05) is 189 Å². The maximum absolute atomic E-state index is 13.3. The summed E-state index contributed by atoms with van der Waals surface area (Å²) in [4.78, 5) is 210. The number of aryl methyl sites for hydroxylation is 1. The number of hydrogen-bond donors (Lipinski definition) is 18. The van der Waals surface area contributed by atoms with Crippen molar-refractivity contribution in [2.45, 2.75) is 96.7 Å². The zero-order valence-electron chi connectivity index (χ0n) is 63.8. The van der Waals surface area contributed by atoms with Crippen molar-refractivity contribution >= 4 is 109 Å². The zero-order valence-corrected chi connectivity index (χ0v) is 65.5. The van der Waals surface area contributed by atoms with Gasteiger partial charge in [-0.2, -0.15) is 5.10 Å². The molecule has 0 aliphatic carbocycles. The standard InChI is InChI=1S/C38H54N10O13.C29H58N8O13P2/c49-31(44-28(38(60)61)20-42-37(59)26-8-9-29-27(18-26)19-43-48(29)13-5-12-40-30-6-4-11-39-30)7-2-1-3-10-41-32(50)21-46(23-34(53)54)16-14-45(22-33(51)52)15-17-47(24-35(55)56)25-36(57)58;1-3-8-31-29(44)24(7-5-6-9-30-25(38)18-37(22-51(45,46)47)23-52(48,49)50)32-26(39)19-34-12-10-33(4-2)11-13-35(20-27(40)41)16-17-36(15-14-34)21-28(42)43/h4,8-9,11,18-19,28H,1-3,5-7,10,12-17,20-25H2,(H,39,40)(H,41,50)(H,42,59)(H,44,49)(H,51,52)(H,53,54)(H,55,56)(H,57,58)(H,60,61);24H,3-23H2,1-2H3,(H,30,38)(H,31,44)(H,32,39)(H,40,41)(H,42,43)(H2,45,46,47)(H2,48,49,50)/t28-;24-/m01/s1. The molecular formula is C67H112N18O26P2. The van der Waals surface area contributed by atoms with Gasteiger partial charge in [0.25, 0.3) is 5.91 Å². The van der Waals surface area contributed by atoms with E-state index in [9.17, 15) is 117 Å². The first kappa shape index (κ1) is 98.2. The van der Waals surface area contributed by atoms with E-state index in [1.165, 1.54) is 9.80 Å². The normalized spacial score (nSPS) is 15.1. The molecule has 2 aliphatic heterocycles. The van der Waals surface area contributed by atoms with Crippen LogP contribution >= 0.6 is 15.2 Å². The molecule has 18 N–H and O–H groups in total. The van der Waals surface area contributed by atoms with E-state index < -0.39 is 144 Å². The van der Waals surface area contributed by atoms with Crippen molar-refractivity contribution in [3.05, 3.63) is 42.2 Å². The summed E-state index contributed by atoms with van der Waals surface area (Å²) in [5.41, 5.74) is 1.13. The molecule has 1 fully saturated rings. The Bertz CT molecular complexity index is 3550. The number of nitrogens with one attached hydrogen (secondary N) is 7. The van der Waals surface area contributed by atoms with Crippen LogP contribution in [0.2, 0.25) is 0 Å². The summed E-state index contributed by atoms with van der Waals surface area (Å²) in [5.74, 6) is -10.4. The minimum Gasteiger partial charge on any atom is -0.480 e. The van der Waals surface area contributed by atoms with Crippen molar-refractivity contribution in [2.24, 2.45) is 4.99 Å². The second-order valence-corrected chi connectivity index (χ2v) is 30.1. The number of fused-ring (bicyclic) bond motifs is 1. The number of amides is 6. The SMILES string of the molecule is CCCNC(=O)[C@@H](CCCCNC(=O)CN(CP(=O)(O)O)CP(=O)(O)O)NC(=O)CN1CCN(CC)CCN(CC(=O)O)CCN(CC(=O)O)CC1.O=C(O)CN(CCN(CC(=O)O)CC(=O)O)CCN(CC(=O)O)CC(=O)NCCCCCC(=O)N[C@@H](CNC(=O)c1ccc2c(cnn2CCCN=C2CC=CN2)c1)C(=O)O. The first-order chi connectivity index (χ1) is 53.4. The summed E-state index contributed by atoms with van der Waals surface area (Å²) in [6.45, 7) is 5.78. The van der Waals surface area contributed by atoms with Crippen LogP contribution in [0.15, 0.2) is 41.7 Å². The Balaban J connectivity index is 0.000000593. The number of unbranched alkanes of at least 4 members (excludes halogenated alkanes) is 3. The predicted octanol–water partition coefficient (Wildman–Crippen LogP) is -4.18. The molecule has 3 heterocycles. The van der Waals surface area contributed by atoms with Crippen molar-refractivity contribution < 1.29 is 127 Å². The second-order valence-electron chi connectivity index (χ2n) is 26.9. The maximum atomic E-state index is 13.3. The number of carboxylic acids is 7. The monoisotopic (exact) mass is 1650 g/mol. The molecule has 2 atom stereocenters. The molecular weight excluding hydrogens is 1530 g/mol. The summed E-state index contributed by atoms with van der Waals surface area (Å²) >= 11 is 0. The van der Waals surface area contributed by atoms with Gasteiger partial charge in [0.05, 0.1) is 70.6 Å². The number of amidine groups is 1. The molecule has 1 aromatic heterocycles. The molecule has 1 saturated heterocycles. The van der Waals surface area contributed by atoms with Crippen LogP contribution in [-0.2, 0) is 73.2 Å². The number of aliphatic carboxylic acids is 7. The van der Waals surface area contributed by atoms with Gasteiger partial charge >= 0.3 is 57.0 Å². The van der Waals surface area contributed by atoms with Gasteiger partial charge in [-0.05, 0) is 75.9 Å². The molecule has 46 heteroatoms. The van der Waals surface area contributed by atoms with Crippen LogP contribution in [-0.4, -0.2) is 389 Å². The van der Waals surface area contributed by atoms with E-state index in [1.54, 1.807) is 34.2 Å². The van der Waals surface area contributed by atoms with Gasteiger partial charge < -0.3 is 97.4 Å². The third kappa shape index (κ3) is 46.1. The summed E-state index contributed by atoms with van der Waals surface area (Å²) in [6, 6.07) is 2.77. The Hall–Kier alpha value is -9.01. The lowest BCUT2D eigenvalue weighted by Crippen LogP contribution is -2.52. The number of carboxylic acid groups (broad SMARTS) is 7. The molecule has 0 bridgehead atoms. The largest absolute Gasteiger partial charge is 0.480 e. The van der Waals surface area contributed by atoms with Gasteiger partial charge in [0.2, 0.25) is 29.5 Å². The van der Waals surface area contributed by atoms with Gasteiger partial charge in [-0.1, -0.05) is 26.3 Å². The topological polar surface area (TPSA) is 619 Å². The Morgan fingerprint density at radius 2 is 1.03 bits per heavy atom. The van der Waals surface area contributed by atoms with Gasteiger partial charge in [0, 0.05) is 142 Å². The van der Waals surface area contributed by atoms with Crippen LogP contribution < -0.4 is 37.2 Å². The third-order valence-corrected chi connectivity index (χ3v) is 18.8. The highest BCUT2D eigenvalue weighted by molar-refractivity contribution is 7.52. The molecule has 2 aliphatic rings. The van der Waals surface area contributed by atoms with Crippen LogP contribution in [0.25, 0.3) is 10.9 Å². The second kappa shape index (κ2) is 53.1. The predicted molar refractivity (Wildman–Crippen MR) is 406 cm³/mol. The van der Waals surface area contributed by atoms with E-state index in [-0.39, 0.29) is 90.7 Å². The highest BCUT2D eigenvalue weighted by Gasteiger charge is 2.30. The first-order valence-electron chi connectivity index (χ1n) is 36.9. The third-order valence-electron chi connectivity index (χ3n) is 17.2. The number of aromatic nitrogens is 2. The summed E-state index contributed by atoms with van der Waals surface area (Å²) < 4.78 is 24.5. The molecule has 1 aromatic carbocycles. The summed E-state index contributed by atoms with van der Waals surface area (Å²) in [7, 11) is -9.40. The van der Waals surface area contributed by atoms with E-state index in [1.807, 2.05) is 35.7 Å². The molecule has 0 spiro atoms. The number of carbonyl (C=O) groups is 13. The van der Waals surface area contributed by atoms with Crippen LogP contribution in [0, 0.1) is 0 Å². The number of likely N-dealkylation sites (N-methyl/N-ethyl adjacent to an activating group) is 1. The van der Waals surface area contributed by atoms with Gasteiger partial charge in [0.15, 0.2) is 0 Å². The molecule has 636 valence electrons. The number of nitrogens with zero attached hydrogens (tertiary/aromatic N) is 11. The number of rotatable bonds is 53. The smallest absolute Gasteiger partial charge is 0.339 e. The Labute approximate surface area is 653 Å². The number of hydrogen-bond acceptors (Lipinski definition) is 25. The van der Waals surface area contributed by atoms with E-state index in [2.05, 4.69) is 52.2 Å². The molecule has 2 aromatic rings. The lowest BCUT2D eigenvalue weighted by Gasteiger charge is -2.33. The fraction of sp³-hybridized carbons (Fsp3) is 0.657. The van der Waals surface area contributed by atoms with Gasteiger partial charge in [-0.25, -0.2) is 4.79 Å². The lowest BCUT2D eigenvalue weighted by molar-refractivity contribution is -0.143. The van der Waals surface area contributed by atoms with Gasteiger partial charge in [0.1, 0.15) is 30.5 Å². The van der Waals surface area contributed by atoms with Gasteiger partial charge in [-0.15, -0.1) is 0 Å². The Morgan fingerprint density at radius 1 is 0.531 bits per heavy atom. The van der Waals surface area contributed by atoms with E-state index in [4.69, 9.17) is 10.2 Å². The maximum Gasteiger partial charge on any atom is 0.339 e. The fourth-order valence-corrected chi connectivity index (χ4v) is 13.3. The van der Waals surface area contributed by atoms with Crippen molar-refractivity contribution in [1.29, 1.82) is 0 Å². The molecule has 4 rings (SSSR count). The number of carbonyl (C=O) groups excluding carboxylic acids is 6. The van der Waals surface area contributed by atoms with E-state index in [0.29, 0.717) is 128 Å². The van der Waals surface area contributed by atoms with Crippen LogP contribution in [0.1, 0.15) is 88.4 Å². The minimum absolute atomic E-state index is 0.0163. The zero-order chi connectivity index (χ0) is 84.1. The Kier molecular flexibility index (Phi) is 46.2. The van der Waals surface area contributed by atoms with E-state index >= 15 is 0 Å². The van der Waals surface area contributed by atoms with Crippen molar-refractivity contribution in [3.8, 4) is 0 Å². The minimum atomic E-state index is -4.70. The summed E-state index contributed by atoms with van der Waals surface area (Å²) in [5, 5.41) is 89.1. The van der Waals surface area contributed by atoms with Crippen LogP contribution in [0.3, 0.4) is 0 Å². The first-order valence-corrected chi connectivity index (χ1v) is 40.5. The lowest BCUT2D eigenvalue weighted by atomic mass is 10.1. The molecule has 0 radical (unpaired) electrons. The molecule has 113 heavy (non-hydrogen) atoms. The molecule has 0 unspecified atom stereocenters. The highest BCUT2D eigenvalue weighted by Crippen LogP contribution is 2.40. The van der Waals surface area contributed by atoms with Crippen LogP contribution in [0.4, 0.5) is 0 Å². The summed E-state index contributed by atoms with van der Waals surface area (Å²) in [6.07, 6.45) is 7.95. The number of aliphatic imine (C=N–C) groups is 1. The fourth-order valence-electron chi connectivity index (χ4n) is 11.7. The van der Waals surface area contributed by atoms with Crippen molar-refractivity contribution in [3.63, 3.8) is 0 Å². The number of benzene rings is 1.